The summed E-state index contributed by atoms with van der Waals surface area (Å²) in [5, 5.41) is 0. The molecule has 0 unspecified atom stereocenters. The third-order valence-electron chi connectivity index (χ3n) is 5.33. The van der Waals surface area contributed by atoms with E-state index in [4.69, 9.17) is 9.47 Å². The highest BCUT2D eigenvalue weighted by Crippen LogP contribution is 2.45. The van der Waals surface area contributed by atoms with Gasteiger partial charge in [0.05, 0.1) is 19.7 Å². The first-order chi connectivity index (χ1) is 10.7. The molecule has 3 fully saturated rings. The maximum Gasteiger partial charge on any atom is 0.226 e. The van der Waals surface area contributed by atoms with Crippen LogP contribution in [0.1, 0.15) is 19.8 Å². The lowest BCUT2D eigenvalue weighted by atomic mass is 9.81. The smallest absolute Gasteiger partial charge is 0.226 e. The van der Waals surface area contributed by atoms with E-state index in [0.29, 0.717) is 30.2 Å². The second-order valence-corrected chi connectivity index (χ2v) is 6.89. The second kappa shape index (κ2) is 5.23. The predicted molar refractivity (Wildman–Crippen MR) is 80.4 cm³/mol. The topological polar surface area (TPSA) is 51.7 Å². The Bertz CT molecular complexity index is 556. The van der Waals surface area contributed by atoms with Gasteiger partial charge in [0.15, 0.2) is 0 Å². The summed E-state index contributed by atoms with van der Waals surface area (Å²) in [5.74, 6) is 2.15. The van der Waals surface area contributed by atoms with Crippen molar-refractivity contribution in [3.05, 3.63) is 24.4 Å². The van der Waals surface area contributed by atoms with Crippen molar-refractivity contribution in [3.63, 3.8) is 0 Å². The standard InChI is InChI=1S/C17H22N2O3/c1-12-8-14(12)16(20)19-10-17(11-19)13(5-7-22-17)9-21-15-4-2-3-6-18-15/h2-4,6,12-14H,5,7-11H2,1H3/t12-,13+,14-/m1/s1. The number of hydrogen-bond acceptors (Lipinski definition) is 4. The molecule has 0 aromatic carbocycles. The molecule has 0 bridgehead atoms. The van der Waals surface area contributed by atoms with E-state index in [1.807, 2.05) is 23.1 Å². The summed E-state index contributed by atoms with van der Waals surface area (Å²) < 4.78 is 11.8. The first-order valence-electron chi connectivity index (χ1n) is 8.14. The molecule has 22 heavy (non-hydrogen) atoms. The SMILES string of the molecule is C[C@@H]1C[C@H]1C(=O)N1CC2(C1)OCC[C@H]2COc1ccccn1. The highest BCUT2D eigenvalue weighted by atomic mass is 16.5. The van der Waals surface area contributed by atoms with Crippen LogP contribution in [-0.2, 0) is 9.53 Å². The van der Waals surface area contributed by atoms with E-state index in [1.54, 1.807) is 6.20 Å². The van der Waals surface area contributed by atoms with Gasteiger partial charge < -0.3 is 14.4 Å². The van der Waals surface area contributed by atoms with E-state index in [-0.39, 0.29) is 11.5 Å². The summed E-state index contributed by atoms with van der Waals surface area (Å²) in [6.07, 6.45) is 3.78. The van der Waals surface area contributed by atoms with Crippen LogP contribution in [0.25, 0.3) is 0 Å². The lowest BCUT2D eigenvalue weighted by molar-refractivity contribution is -0.168. The molecule has 1 aromatic heterocycles. The van der Waals surface area contributed by atoms with E-state index >= 15 is 0 Å². The lowest BCUT2D eigenvalue weighted by Crippen LogP contribution is -2.67. The number of rotatable bonds is 4. The minimum Gasteiger partial charge on any atom is -0.477 e. The average molecular weight is 302 g/mol. The van der Waals surface area contributed by atoms with Crippen molar-refractivity contribution in [2.45, 2.75) is 25.4 Å². The highest BCUT2D eigenvalue weighted by molar-refractivity contribution is 5.82. The Balaban J connectivity index is 1.33. The zero-order chi connectivity index (χ0) is 15.2. The quantitative estimate of drug-likeness (QED) is 0.850. The van der Waals surface area contributed by atoms with E-state index in [9.17, 15) is 4.79 Å². The Morgan fingerprint density at radius 1 is 1.50 bits per heavy atom. The summed E-state index contributed by atoms with van der Waals surface area (Å²) in [6, 6.07) is 5.67. The van der Waals surface area contributed by atoms with Crippen molar-refractivity contribution in [1.82, 2.24) is 9.88 Å². The van der Waals surface area contributed by atoms with E-state index in [2.05, 4.69) is 11.9 Å². The van der Waals surface area contributed by atoms with Gasteiger partial charge in [-0.3, -0.25) is 4.79 Å². The van der Waals surface area contributed by atoms with Gasteiger partial charge in [-0.15, -0.1) is 0 Å². The number of carbonyl (C=O) groups is 1. The Morgan fingerprint density at radius 2 is 2.32 bits per heavy atom. The fourth-order valence-electron chi connectivity index (χ4n) is 3.64. The molecule has 2 aliphatic heterocycles. The van der Waals surface area contributed by atoms with Gasteiger partial charge in [-0.1, -0.05) is 13.0 Å². The van der Waals surface area contributed by atoms with E-state index < -0.39 is 0 Å². The lowest BCUT2D eigenvalue weighted by Gasteiger charge is -2.50. The van der Waals surface area contributed by atoms with Gasteiger partial charge in [-0.25, -0.2) is 4.98 Å². The summed E-state index contributed by atoms with van der Waals surface area (Å²) in [5.41, 5.74) is -0.178. The predicted octanol–water partition coefficient (Wildman–Crippen LogP) is 1.73. The number of amides is 1. The Kier molecular flexibility index (Phi) is 3.33. The molecule has 5 nitrogen and oxygen atoms in total. The van der Waals surface area contributed by atoms with Crippen LogP contribution >= 0.6 is 0 Å². The van der Waals surface area contributed by atoms with Gasteiger partial charge in [0.25, 0.3) is 0 Å². The summed E-state index contributed by atoms with van der Waals surface area (Å²) in [4.78, 5) is 18.4. The maximum absolute atomic E-state index is 12.3. The molecular weight excluding hydrogens is 280 g/mol. The zero-order valence-electron chi connectivity index (χ0n) is 12.9. The van der Waals surface area contributed by atoms with Crippen molar-refractivity contribution in [2.75, 3.05) is 26.3 Å². The summed E-state index contributed by atoms with van der Waals surface area (Å²) in [6.45, 7) is 4.97. The van der Waals surface area contributed by atoms with Crippen LogP contribution in [0.2, 0.25) is 0 Å². The van der Waals surface area contributed by atoms with Crippen LogP contribution in [0.5, 0.6) is 5.88 Å². The Hall–Kier alpha value is -1.62. The normalized spacial score (nSPS) is 31.9. The van der Waals surface area contributed by atoms with Crippen molar-refractivity contribution >= 4 is 5.91 Å². The fourth-order valence-corrected chi connectivity index (χ4v) is 3.64. The number of aromatic nitrogens is 1. The van der Waals surface area contributed by atoms with Crippen LogP contribution in [0.4, 0.5) is 0 Å². The van der Waals surface area contributed by atoms with Crippen LogP contribution in [0, 0.1) is 17.8 Å². The molecule has 1 saturated carbocycles. The fraction of sp³-hybridized carbons (Fsp3) is 0.647. The number of nitrogens with zero attached hydrogens (tertiary/aromatic N) is 2. The molecule has 118 valence electrons. The molecule has 1 aliphatic carbocycles. The van der Waals surface area contributed by atoms with Crippen LogP contribution in [0.3, 0.4) is 0 Å². The van der Waals surface area contributed by atoms with Gasteiger partial charge in [0.1, 0.15) is 5.60 Å². The van der Waals surface area contributed by atoms with E-state index in [1.165, 1.54) is 0 Å². The largest absolute Gasteiger partial charge is 0.477 e. The van der Waals surface area contributed by atoms with Gasteiger partial charge in [-0.05, 0) is 24.8 Å². The maximum atomic E-state index is 12.3. The van der Waals surface area contributed by atoms with Crippen LogP contribution < -0.4 is 4.74 Å². The van der Waals surface area contributed by atoms with Crippen molar-refractivity contribution in [2.24, 2.45) is 17.8 Å². The molecule has 5 heteroatoms. The van der Waals surface area contributed by atoms with Crippen LogP contribution in [-0.4, -0.2) is 47.7 Å². The molecule has 2 saturated heterocycles. The van der Waals surface area contributed by atoms with Gasteiger partial charge in [0.2, 0.25) is 11.8 Å². The van der Waals surface area contributed by atoms with Gasteiger partial charge >= 0.3 is 0 Å². The average Bonchev–Trinajstić information content (AvgIpc) is 3.08. The number of carbonyl (C=O) groups excluding carboxylic acids is 1. The highest BCUT2D eigenvalue weighted by Gasteiger charge is 2.56. The Morgan fingerprint density at radius 3 is 3.00 bits per heavy atom. The minimum atomic E-state index is -0.178. The molecule has 3 atom stereocenters. The molecule has 1 amide bonds. The zero-order valence-corrected chi connectivity index (χ0v) is 12.9. The summed E-state index contributed by atoms with van der Waals surface area (Å²) in [7, 11) is 0. The minimum absolute atomic E-state index is 0.178. The molecule has 4 rings (SSSR count). The number of likely N-dealkylation sites (tertiary alicyclic amines) is 1. The molecule has 0 radical (unpaired) electrons. The molecule has 0 N–H and O–H groups in total. The van der Waals surface area contributed by atoms with Crippen molar-refractivity contribution in [1.29, 1.82) is 0 Å². The monoisotopic (exact) mass is 302 g/mol. The van der Waals surface area contributed by atoms with Gasteiger partial charge in [0, 0.05) is 30.7 Å². The molecule has 1 spiro atoms. The van der Waals surface area contributed by atoms with Crippen molar-refractivity contribution < 1.29 is 14.3 Å². The molecule has 3 aliphatic rings. The number of hydrogen-bond donors (Lipinski definition) is 0. The summed E-state index contributed by atoms with van der Waals surface area (Å²) >= 11 is 0. The number of pyridine rings is 1. The molecule has 1 aromatic rings. The third-order valence-corrected chi connectivity index (χ3v) is 5.33. The second-order valence-electron chi connectivity index (χ2n) is 6.89. The first kappa shape index (κ1) is 14.0. The molecular formula is C17H22N2O3. The van der Waals surface area contributed by atoms with Crippen molar-refractivity contribution in [3.8, 4) is 5.88 Å². The Labute approximate surface area is 130 Å². The van der Waals surface area contributed by atoms with E-state index in [0.717, 1.165) is 32.5 Å². The number of ether oxygens (including phenoxy) is 2. The van der Waals surface area contributed by atoms with Crippen LogP contribution in [0.15, 0.2) is 24.4 Å². The third kappa shape index (κ3) is 2.37. The molecule has 3 heterocycles. The van der Waals surface area contributed by atoms with Gasteiger partial charge in [-0.2, -0.15) is 0 Å². The first-order valence-corrected chi connectivity index (χ1v) is 8.14.